The lowest BCUT2D eigenvalue weighted by Crippen LogP contribution is -2.53. The highest BCUT2D eigenvalue weighted by atomic mass is 32.1. The average Bonchev–Trinajstić information content (AvgIpc) is 2.33. The molecule has 1 aliphatic heterocycles. The van der Waals surface area contributed by atoms with E-state index in [4.69, 9.17) is 17.1 Å². The van der Waals surface area contributed by atoms with Gasteiger partial charge in [0.2, 0.25) is 5.91 Å². The van der Waals surface area contributed by atoms with E-state index in [-0.39, 0.29) is 18.2 Å². The van der Waals surface area contributed by atoms with Gasteiger partial charge < -0.3 is 5.32 Å². The SMILES string of the molecule is CC(=O)N1O[C@H](C)C(=S)N[C@@H]1c1ccccc1. The number of hydrogen-bond acceptors (Lipinski definition) is 3. The van der Waals surface area contributed by atoms with Gasteiger partial charge >= 0.3 is 0 Å². The molecule has 1 fully saturated rings. The van der Waals surface area contributed by atoms with Crippen LogP contribution in [0.3, 0.4) is 0 Å². The molecule has 1 N–H and O–H groups in total. The molecule has 0 unspecified atom stereocenters. The van der Waals surface area contributed by atoms with E-state index >= 15 is 0 Å². The molecule has 2 atom stereocenters. The molecule has 1 amide bonds. The molecule has 0 radical (unpaired) electrons. The average molecular weight is 250 g/mol. The fourth-order valence-electron chi connectivity index (χ4n) is 1.70. The van der Waals surface area contributed by atoms with Crippen LogP contribution in [0.2, 0.25) is 0 Å². The van der Waals surface area contributed by atoms with Crippen LogP contribution in [-0.2, 0) is 9.63 Å². The third-order valence-electron chi connectivity index (χ3n) is 2.58. The number of hydroxylamine groups is 2. The summed E-state index contributed by atoms with van der Waals surface area (Å²) in [5.41, 5.74) is 0.942. The van der Waals surface area contributed by atoms with Crippen LogP contribution < -0.4 is 5.32 Å². The van der Waals surface area contributed by atoms with E-state index in [1.54, 1.807) is 0 Å². The van der Waals surface area contributed by atoms with E-state index in [1.165, 1.54) is 12.0 Å². The topological polar surface area (TPSA) is 41.6 Å². The molecule has 1 aliphatic rings. The van der Waals surface area contributed by atoms with Gasteiger partial charge in [-0.3, -0.25) is 9.63 Å². The van der Waals surface area contributed by atoms with Crippen LogP contribution in [0, 0.1) is 0 Å². The van der Waals surface area contributed by atoms with E-state index in [1.807, 2.05) is 37.3 Å². The quantitative estimate of drug-likeness (QED) is 0.771. The molecule has 0 aliphatic carbocycles. The number of amides is 1. The maximum absolute atomic E-state index is 11.6. The molecule has 17 heavy (non-hydrogen) atoms. The number of carbonyl (C=O) groups is 1. The van der Waals surface area contributed by atoms with Crippen molar-refractivity contribution in [3.63, 3.8) is 0 Å². The third kappa shape index (κ3) is 2.45. The summed E-state index contributed by atoms with van der Waals surface area (Å²) in [6.07, 6.45) is -0.633. The van der Waals surface area contributed by atoms with Crippen molar-refractivity contribution in [1.82, 2.24) is 10.4 Å². The first-order valence-corrected chi connectivity index (χ1v) is 5.82. The van der Waals surface area contributed by atoms with Gasteiger partial charge in [0, 0.05) is 6.92 Å². The number of thiocarbonyl (C=S) groups is 1. The van der Waals surface area contributed by atoms with Crippen molar-refractivity contribution in [2.45, 2.75) is 26.1 Å². The Kier molecular flexibility index (Phi) is 3.40. The van der Waals surface area contributed by atoms with Crippen LogP contribution in [0.25, 0.3) is 0 Å². The van der Waals surface area contributed by atoms with Crippen molar-refractivity contribution < 1.29 is 9.63 Å². The summed E-state index contributed by atoms with van der Waals surface area (Å²) in [6.45, 7) is 3.28. The summed E-state index contributed by atoms with van der Waals surface area (Å²) in [6, 6.07) is 9.60. The number of hydrogen-bond donors (Lipinski definition) is 1. The number of nitrogens with zero attached hydrogens (tertiary/aromatic N) is 1. The zero-order chi connectivity index (χ0) is 12.4. The van der Waals surface area contributed by atoms with Gasteiger partial charge in [-0.05, 0) is 12.5 Å². The summed E-state index contributed by atoms with van der Waals surface area (Å²) >= 11 is 5.17. The van der Waals surface area contributed by atoms with Crippen molar-refractivity contribution in [3.8, 4) is 0 Å². The van der Waals surface area contributed by atoms with Crippen LogP contribution in [0.15, 0.2) is 30.3 Å². The second-order valence-corrected chi connectivity index (χ2v) is 4.35. The molecule has 2 rings (SSSR count). The largest absolute Gasteiger partial charge is 0.352 e. The van der Waals surface area contributed by atoms with Gasteiger partial charge in [0.05, 0.1) is 0 Å². The fourth-order valence-corrected chi connectivity index (χ4v) is 1.85. The van der Waals surface area contributed by atoms with E-state index in [2.05, 4.69) is 5.32 Å². The molecule has 5 heteroatoms. The van der Waals surface area contributed by atoms with E-state index in [0.717, 1.165) is 5.56 Å². The minimum atomic E-state index is -0.350. The summed E-state index contributed by atoms with van der Waals surface area (Å²) in [5, 5.41) is 4.45. The number of nitrogens with one attached hydrogen (secondary N) is 1. The van der Waals surface area contributed by atoms with Crippen LogP contribution in [0.1, 0.15) is 25.6 Å². The third-order valence-corrected chi connectivity index (χ3v) is 3.03. The van der Waals surface area contributed by atoms with Crippen LogP contribution in [0.4, 0.5) is 0 Å². The van der Waals surface area contributed by atoms with Crippen molar-refractivity contribution in [2.75, 3.05) is 0 Å². The standard InChI is InChI=1S/C12H14N2O2S/c1-8-12(17)13-11(14(16-8)9(2)15)10-6-4-3-5-7-10/h3-8,11H,1-2H3,(H,13,17)/t8-,11+/m1/s1. The summed E-state index contributed by atoms with van der Waals surface area (Å²) in [4.78, 5) is 17.7. The molecule has 1 aromatic rings. The molecule has 1 heterocycles. The summed E-state index contributed by atoms with van der Waals surface area (Å²) in [5.74, 6) is -0.152. The Hall–Kier alpha value is -1.46. The zero-order valence-corrected chi connectivity index (χ0v) is 10.5. The lowest BCUT2D eigenvalue weighted by atomic mass is 10.1. The predicted octanol–water partition coefficient (Wildman–Crippen LogP) is 1.78. The lowest BCUT2D eigenvalue weighted by molar-refractivity contribution is -0.217. The Balaban J connectivity index is 2.30. The minimum Gasteiger partial charge on any atom is -0.352 e. The van der Waals surface area contributed by atoms with E-state index in [9.17, 15) is 4.79 Å². The monoisotopic (exact) mass is 250 g/mol. The highest BCUT2D eigenvalue weighted by Gasteiger charge is 2.32. The predicted molar refractivity (Wildman–Crippen MR) is 68.0 cm³/mol. The molecular formula is C12H14N2O2S. The van der Waals surface area contributed by atoms with Crippen molar-refractivity contribution in [3.05, 3.63) is 35.9 Å². The summed E-state index contributed by atoms with van der Waals surface area (Å²) < 4.78 is 0. The second-order valence-electron chi connectivity index (χ2n) is 3.91. The molecule has 0 aromatic heterocycles. The first kappa shape index (κ1) is 12.0. The molecule has 0 saturated carbocycles. The molecule has 0 bridgehead atoms. The highest BCUT2D eigenvalue weighted by molar-refractivity contribution is 7.80. The van der Waals surface area contributed by atoms with Gasteiger partial charge in [0.25, 0.3) is 0 Å². The van der Waals surface area contributed by atoms with E-state index in [0.29, 0.717) is 4.99 Å². The molecule has 0 spiro atoms. The van der Waals surface area contributed by atoms with Gasteiger partial charge in [-0.15, -0.1) is 0 Å². The lowest BCUT2D eigenvalue weighted by Gasteiger charge is -2.38. The Bertz CT molecular complexity index is 435. The highest BCUT2D eigenvalue weighted by Crippen LogP contribution is 2.23. The number of carbonyl (C=O) groups excluding carboxylic acids is 1. The van der Waals surface area contributed by atoms with Gasteiger partial charge in [0.1, 0.15) is 11.1 Å². The molecule has 4 nitrogen and oxygen atoms in total. The fraction of sp³-hybridized carbons (Fsp3) is 0.333. The van der Waals surface area contributed by atoms with Crippen LogP contribution in [-0.4, -0.2) is 22.1 Å². The van der Waals surface area contributed by atoms with Crippen LogP contribution >= 0.6 is 12.2 Å². The van der Waals surface area contributed by atoms with Crippen molar-refractivity contribution in [2.24, 2.45) is 0 Å². The van der Waals surface area contributed by atoms with Crippen molar-refractivity contribution >= 4 is 23.1 Å². The smallest absolute Gasteiger partial charge is 0.245 e. The van der Waals surface area contributed by atoms with Gasteiger partial charge in [-0.2, -0.15) is 5.06 Å². The van der Waals surface area contributed by atoms with Crippen molar-refractivity contribution in [1.29, 1.82) is 0 Å². The normalized spacial score (nSPS) is 24.4. The minimum absolute atomic E-state index is 0.152. The maximum atomic E-state index is 11.6. The van der Waals surface area contributed by atoms with Gasteiger partial charge in [-0.1, -0.05) is 42.5 Å². The number of benzene rings is 1. The van der Waals surface area contributed by atoms with E-state index < -0.39 is 0 Å². The Morgan fingerprint density at radius 1 is 1.41 bits per heavy atom. The molecule has 1 aromatic carbocycles. The Morgan fingerprint density at radius 2 is 2.06 bits per heavy atom. The molecular weight excluding hydrogens is 236 g/mol. The Morgan fingerprint density at radius 3 is 2.65 bits per heavy atom. The zero-order valence-electron chi connectivity index (χ0n) is 9.71. The second kappa shape index (κ2) is 4.81. The van der Waals surface area contributed by atoms with Gasteiger partial charge in [0.15, 0.2) is 6.17 Å². The number of rotatable bonds is 1. The first-order chi connectivity index (χ1) is 8.09. The maximum Gasteiger partial charge on any atom is 0.245 e. The van der Waals surface area contributed by atoms with Gasteiger partial charge in [-0.25, -0.2) is 0 Å². The molecule has 90 valence electrons. The van der Waals surface area contributed by atoms with Crippen LogP contribution in [0.5, 0.6) is 0 Å². The summed E-state index contributed by atoms with van der Waals surface area (Å²) in [7, 11) is 0. The molecule has 1 saturated heterocycles. The Labute approximate surface area is 106 Å². The first-order valence-electron chi connectivity index (χ1n) is 5.41.